The molecule has 5 heteroatoms. The lowest BCUT2D eigenvalue weighted by atomic mass is 10.2. The van der Waals surface area contributed by atoms with Crippen molar-refractivity contribution in [2.24, 2.45) is 0 Å². The minimum atomic E-state index is 0.624. The second-order valence-electron chi connectivity index (χ2n) is 5.03. The highest BCUT2D eigenvalue weighted by atomic mass is 79.9. The molecule has 106 valence electrons. The third-order valence-corrected chi connectivity index (χ3v) is 4.10. The van der Waals surface area contributed by atoms with Gasteiger partial charge in [0, 0.05) is 29.5 Å². The number of nitrogens with one attached hydrogen (secondary N) is 1. The predicted octanol–water partition coefficient (Wildman–Crippen LogP) is 2.98. The molecule has 0 atom stereocenters. The van der Waals surface area contributed by atoms with E-state index in [2.05, 4.69) is 32.4 Å². The first kappa shape index (κ1) is 13.6. The normalized spacial score (nSPS) is 14.4. The third kappa shape index (κ3) is 3.84. The Morgan fingerprint density at radius 3 is 3.05 bits per heavy atom. The maximum atomic E-state index is 5.79. The molecular weight excluding hydrogens is 318 g/mol. The van der Waals surface area contributed by atoms with Crippen molar-refractivity contribution in [3.05, 3.63) is 46.7 Å². The molecule has 0 radical (unpaired) electrons. The molecule has 0 unspecified atom stereocenters. The first-order valence-corrected chi connectivity index (χ1v) is 7.72. The van der Waals surface area contributed by atoms with E-state index in [1.54, 1.807) is 6.20 Å². The summed E-state index contributed by atoms with van der Waals surface area (Å²) < 4.78 is 8.79. The Morgan fingerprint density at radius 2 is 2.30 bits per heavy atom. The largest absolute Gasteiger partial charge is 0.492 e. The topological polar surface area (TPSA) is 39.1 Å². The molecule has 0 amide bonds. The number of ether oxygens (including phenoxy) is 1. The van der Waals surface area contributed by atoms with Crippen LogP contribution >= 0.6 is 15.9 Å². The van der Waals surface area contributed by atoms with E-state index in [9.17, 15) is 0 Å². The molecule has 1 saturated carbocycles. The maximum Gasteiger partial charge on any atom is 0.119 e. The highest BCUT2D eigenvalue weighted by Gasteiger charge is 2.20. The zero-order valence-corrected chi connectivity index (χ0v) is 12.8. The molecule has 2 aromatic rings. The van der Waals surface area contributed by atoms with Crippen molar-refractivity contribution in [1.29, 1.82) is 0 Å². The SMILES string of the molecule is Brc1ccc(OCCn2cccn2)cc1CNC1CC1. The van der Waals surface area contributed by atoms with Gasteiger partial charge in [-0.05, 0) is 42.7 Å². The van der Waals surface area contributed by atoms with Crippen molar-refractivity contribution in [2.75, 3.05) is 6.61 Å². The second kappa shape index (κ2) is 6.41. The molecule has 1 aromatic carbocycles. The van der Waals surface area contributed by atoms with Crippen molar-refractivity contribution in [3.63, 3.8) is 0 Å². The second-order valence-corrected chi connectivity index (χ2v) is 5.88. The van der Waals surface area contributed by atoms with Gasteiger partial charge >= 0.3 is 0 Å². The van der Waals surface area contributed by atoms with Crippen LogP contribution in [-0.2, 0) is 13.1 Å². The predicted molar refractivity (Wildman–Crippen MR) is 81.7 cm³/mol. The van der Waals surface area contributed by atoms with E-state index in [1.165, 1.54) is 18.4 Å². The molecule has 0 spiro atoms. The van der Waals surface area contributed by atoms with Gasteiger partial charge in [-0.3, -0.25) is 4.68 Å². The van der Waals surface area contributed by atoms with Crippen LogP contribution in [0.25, 0.3) is 0 Å². The summed E-state index contributed by atoms with van der Waals surface area (Å²) in [5, 5.41) is 7.67. The van der Waals surface area contributed by atoms with Gasteiger partial charge in [0.25, 0.3) is 0 Å². The zero-order chi connectivity index (χ0) is 13.8. The van der Waals surface area contributed by atoms with Crippen molar-refractivity contribution >= 4 is 15.9 Å². The molecule has 0 aliphatic heterocycles. The Kier molecular flexibility index (Phi) is 4.38. The molecule has 1 heterocycles. The van der Waals surface area contributed by atoms with Crippen LogP contribution in [0.5, 0.6) is 5.75 Å². The summed E-state index contributed by atoms with van der Waals surface area (Å²) in [5.74, 6) is 0.910. The van der Waals surface area contributed by atoms with E-state index >= 15 is 0 Å². The maximum absolute atomic E-state index is 5.79. The standard InChI is InChI=1S/C15H18BrN3O/c16-15-5-4-14(10-12(15)11-17-13-2-3-13)20-9-8-19-7-1-6-18-19/h1,4-7,10,13,17H,2-3,8-9,11H2. The van der Waals surface area contributed by atoms with Crippen LogP contribution in [0.2, 0.25) is 0 Å². The van der Waals surface area contributed by atoms with E-state index in [1.807, 2.05) is 29.1 Å². The average Bonchev–Trinajstić information content (AvgIpc) is 3.14. The summed E-state index contributed by atoms with van der Waals surface area (Å²) in [7, 11) is 0. The first-order valence-electron chi connectivity index (χ1n) is 6.93. The molecule has 0 saturated heterocycles. The lowest BCUT2D eigenvalue weighted by Crippen LogP contribution is -2.15. The Balaban J connectivity index is 1.53. The van der Waals surface area contributed by atoms with Crippen molar-refractivity contribution in [1.82, 2.24) is 15.1 Å². The summed E-state index contributed by atoms with van der Waals surface area (Å²) in [6.45, 7) is 2.28. The molecule has 1 aliphatic rings. The lowest BCUT2D eigenvalue weighted by Gasteiger charge is -2.10. The average molecular weight is 336 g/mol. The van der Waals surface area contributed by atoms with Gasteiger partial charge in [0.1, 0.15) is 12.4 Å². The number of hydrogen-bond acceptors (Lipinski definition) is 3. The molecular formula is C15H18BrN3O. The van der Waals surface area contributed by atoms with Gasteiger partial charge < -0.3 is 10.1 Å². The molecule has 4 nitrogen and oxygen atoms in total. The van der Waals surface area contributed by atoms with Crippen LogP contribution in [0.1, 0.15) is 18.4 Å². The van der Waals surface area contributed by atoms with Gasteiger partial charge in [-0.2, -0.15) is 5.10 Å². The highest BCUT2D eigenvalue weighted by molar-refractivity contribution is 9.10. The fourth-order valence-corrected chi connectivity index (χ4v) is 2.39. The van der Waals surface area contributed by atoms with E-state index < -0.39 is 0 Å². The quantitative estimate of drug-likeness (QED) is 0.845. The summed E-state index contributed by atoms with van der Waals surface area (Å²) in [6, 6.07) is 8.77. The van der Waals surface area contributed by atoms with Gasteiger partial charge in [-0.15, -0.1) is 0 Å². The molecule has 1 aliphatic carbocycles. The third-order valence-electron chi connectivity index (χ3n) is 3.32. The van der Waals surface area contributed by atoms with Crippen LogP contribution in [0, 0.1) is 0 Å². The number of benzene rings is 1. The van der Waals surface area contributed by atoms with Crippen LogP contribution in [0.4, 0.5) is 0 Å². The fourth-order valence-electron chi connectivity index (χ4n) is 2.01. The van der Waals surface area contributed by atoms with Crippen molar-refractivity contribution in [2.45, 2.75) is 32.0 Å². The van der Waals surface area contributed by atoms with E-state index in [4.69, 9.17) is 4.74 Å². The monoisotopic (exact) mass is 335 g/mol. The van der Waals surface area contributed by atoms with E-state index in [0.29, 0.717) is 12.6 Å². The summed E-state index contributed by atoms with van der Waals surface area (Å²) >= 11 is 3.59. The van der Waals surface area contributed by atoms with Gasteiger partial charge in [-0.1, -0.05) is 15.9 Å². The van der Waals surface area contributed by atoms with Crippen LogP contribution in [0.15, 0.2) is 41.1 Å². The number of halogens is 1. The summed E-state index contributed by atoms with van der Waals surface area (Å²) in [5.41, 5.74) is 1.24. The Labute approximate surface area is 127 Å². The number of hydrogen-bond donors (Lipinski definition) is 1. The molecule has 1 N–H and O–H groups in total. The Bertz CT molecular complexity index is 552. The summed E-state index contributed by atoms with van der Waals surface area (Å²) in [4.78, 5) is 0. The van der Waals surface area contributed by atoms with Gasteiger partial charge in [0.05, 0.1) is 6.54 Å². The Morgan fingerprint density at radius 1 is 1.40 bits per heavy atom. The molecule has 20 heavy (non-hydrogen) atoms. The molecule has 1 fully saturated rings. The van der Waals surface area contributed by atoms with E-state index in [-0.39, 0.29) is 0 Å². The van der Waals surface area contributed by atoms with Gasteiger partial charge in [0.15, 0.2) is 0 Å². The smallest absolute Gasteiger partial charge is 0.119 e. The molecule has 0 bridgehead atoms. The van der Waals surface area contributed by atoms with E-state index in [0.717, 1.165) is 23.3 Å². The minimum Gasteiger partial charge on any atom is -0.492 e. The zero-order valence-electron chi connectivity index (χ0n) is 11.3. The highest BCUT2D eigenvalue weighted by Crippen LogP contribution is 2.25. The Hall–Kier alpha value is -1.33. The summed E-state index contributed by atoms with van der Waals surface area (Å²) in [6.07, 6.45) is 6.33. The number of aromatic nitrogens is 2. The van der Waals surface area contributed by atoms with Crippen molar-refractivity contribution in [3.8, 4) is 5.75 Å². The lowest BCUT2D eigenvalue weighted by molar-refractivity contribution is 0.291. The minimum absolute atomic E-state index is 0.624. The van der Waals surface area contributed by atoms with Gasteiger partial charge in [-0.25, -0.2) is 0 Å². The van der Waals surface area contributed by atoms with Crippen LogP contribution in [-0.4, -0.2) is 22.4 Å². The van der Waals surface area contributed by atoms with Crippen molar-refractivity contribution < 1.29 is 4.74 Å². The first-order chi connectivity index (χ1) is 9.81. The number of rotatable bonds is 7. The molecule has 3 rings (SSSR count). The number of nitrogens with zero attached hydrogens (tertiary/aromatic N) is 2. The van der Waals surface area contributed by atoms with Crippen LogP contribution < -0.4 is 10.1 Å². The molecule has 1 aromatic heterocycles. The van der Waals surface area contributed by atoms with Crippen LogP contribution in [0.3, 0.4) is 0 Å². The fraction of sp³-hybridized carbons (Fsp3) is 0.400. The van der Waals surface area contributed by atoms with Gasteiger partial charge in [0.2, 0.25) is 0 Å².